The molecule has 2 aliphatic carbocycles. The van der Waals surface area contributed by atoms with Gasteiger partial charge in [-0.1, -0.05) is 27.2 Å². The lowest BCUT2D eigenvalue weighted by molar-refractivity contribution is -0.605. The minimum absolute atomic E-state index is 0.0840. The van der Waals surface area contributed by atoms with E-state index < -0.39 is 35.1 Å². The predicted octanol–water partition coefficient (Wildman–Crippen LogP) is 2.03. The maximum atomic E-state index is 15.4. The topological polar surface area (TPSA) is 107 Å². The Bertz CT molecular complexity index is 985. The lowest BCUT2D eigenvalue weighted by Crippen LogP contribution is -2.46. The molecule has 8 nitrogen and oxygen atoms in total. The standard InChI is InChI=1S/C20H25F2N5O3/c1-19(2,3)13(10-28)24-18(29)16-15-17(11-5-4-6-12(11)20(15,21)22)27(25-16)14-9-26(30)8-7-23-14/h7-9,11-13,28H,4-6,10H2,1-3H3,(H,24,29)/t11-,12+,13?/m1/s1. The average molecular weight is 421 g/mol. The molecule has 0 bridgehead atoms. The molecule has 0 spiro atoms. The van der Waals surface area contributed by atoms with E-state index in [1.54, 1.807) is 0 Å². The van der Waals surface area contributed by atoms with Crippen LogP contribution in [0, 0.1) is 16.5 Å². The van der Waals surface area contributed by atoms with E-state index in [2.05, 4.69) is 15.4 Å². The van der Waals surface area contributed by atoms with Gasteiger partial charge in [0, 0.05) is 11.8 Å². The second-order valence-corrected chi connectivity index (χ2v) is 9.14. The molecule has 162 valence electrons. The zero-order valence-electron chi connectivity index (χ0n) is 17.1. The number of fused-ring (bicyclic) bond motifs is 3. The number of alkyl halides is 2. The Morgan fingerprint density at radius 1 is 1.47 bits per heavy atom. The van der Waals surface area contributed by atoms with Crippen molar-refractivity contribution in [3.8, 4) is 5.82 Å². The smallest absolute Gasteiger partial charge is 0.280 e. The van der Waals surface area contributed by atoms with E-state index in [9.17, 15) is 15.1 Å². The Morgan fingerprint density at radius 3 is 2.83 bits per heavy atom. The van der Waals surface area contributed by atoms with Gasteiger partial charge in [0.25, 0.3) is 11.8 Å². The van der Waals surface area contributed by atoms with Crippen LogP contribution in [0.2, 0.25) is 0 Å². The highest BCUT2D eigenvalue weighted by Crippen LogP contribution is 2.60. The van der Waals surface area contributed by atoms with E-state index in [0.29, 0.717) is 24.0 Å². The molecule has 1 saturated carbocycles. The molecule has 0 aliphatic heterocycles. The van der Waals surface area contributed by atoms with Crippen LogP contribution in [0.5, 0.6) is 0 Å². The van der Waals surface area contributed by atoms with E-state index >= 15 is 8.78 Å². The Hall–Kier alpha value is -2.62. The molecule has 2 aromatic heterocycles. The fourth-order valence-corrected chi connectivity index (χ4v) is 4.58. The van der Waals surface area contributed by atoms with Gasteiger partial charge in [-0.05, 0) is 18.3 Å². The first-order valence-corrected chi connectivity index (χ1v) is 10.0. The predicted molar refractivity (Wildman–Crippen MR) is 102 cm³/mol. The van der Waals surface area contributed by atoms with Crippen molar-refractivity contribution in [1.82, 2.24) is 20.1 Å². The molecule has 0 saturated heterocycles. The summed E-state index contributed by atoms with van der Waals surface area (Å²) < 4.78 is 32.5. The molecule has 1 fully saturated rings. The third kappa shape index (κ3) is 3.13. The fourth-order valence-electron chi connectivity index (χ4n) is 4.58. The fraction of sp³-hybridized carbons (Fsp3) is 0.600. The summed E-state index contributed by atoms with van der Waals surface area (Å²) in [6.07, 6.45) is 5.17. The van der Waals surface area contributed by atoms with Gasteiger partial charge in [0.1, 0.15) is 0 Å². The highest BCUT2D eigenvalue weighted by atomic mass is 19.3. The third-order valence-corrected chi connectivity index (χ3v) is 6.22. The molecule has 0 radical (unpaired) electrons. The summed E-state index contributed by atoms with van der Waals surface area (Å²) in [5, 5.41) is 28.2. The van der Waals surface area contributed by atoms with Gasteiger partial charge in [0.15, 0.2) is 11.9 Å². The zero-order valence-corrected chi connectivity index (χ0v) is 17.1. The summed E-state index contributed by atoms with van der Waals surface area (Å²) >= 11 is 0. The van der Waals surface area contributed by atoms with Gasteiger partial charge in [-0.25, -0.2) is 18.4 Å². The maximum absolute atomic E-state index is 15.4. The molecule has 4 rings (SSSR count). The number of hydrogen-bond donors (Lipinski definition) is 2. The first-order chi connectivity index (χ1) is 14.1. The number of hydrogen-bond acceptors (Lipinski definition) is 5. The summed E-state index contributed by atoms with van der Waals surface area (Å²) in [5.41, 5.74) is -0.995. The molecule has 10 heteroatoms. The summed E-state index contributed by atoms with van der Waals surface area (Å²) in [4.78, 5) is 17.1. The molecule has 3 atom stereocenters. The number of carbonyl (C=O) groups excluding carboxylic acids is 1. The molecule has 1 amide bonds. The Kier molecular flexibility index (Phi) is 4.80. The van der Waals surface area contributed by atoms with E-state index in [1.807, 2.05) is 20.8 Å². The van der Waals surface area contributed by atoms with E-state index in [-0.39, 0.29) is 29.4 Å². The second-order valence-electron chi connectivity index (χ2n) is 9.14. The molecule has 2 aliphatic rings. The number of nitrogens with zero attached hydrogens (tertiary/aromatic N) is 4. The maximum Gasteiger partial charge on any atom is 0.280 e. The number of carbonyl (C=O) groups is 1. The van der Waals surface area contributed by atoms with Gasteiger partial charge < -0.3 is 15.6 Å². The zero-order chi connectivity index (χ0) is 21.8. The molecule has 30 heavy (non-hydrogen) atoms. The molecular weight excluding hydrogens is 396 g/mol. The Balaban J connectivity index is 1.85. The summed E-state index contributed by atoms with van der Waals surface area (Å²) in [7, 11) is 0. The number of nitrogens with one attached hydrogen (secondary N) is 1. The van der Waals surface area contributed by atoms with Crippen LogP contribution < -0.4 is 10.0 Å². The number of rotatable bonds is 4. The molecule has 1 unspecified atom stereocenters. The van der Waals surface area contributed by atoms with Crippen molar-refractivity contribution < 1.29 is 23.4 Å². The van der Waals surface area contributed by atoms with E-state index in [1.165, 1.54) is 17.1 Å². The lowest BCUT2D eigenvalue weighted by Gasteiger charge is -2.29. The van der Waals surface area contributed by atoms with Crippen LogP contribution in [0.3, 0.4) is 0 Å². The van der Waals surface area contributed by atoms with Crippen molar-refractivity contribution in [1.29, 1.82) is 0 Å². The molecule has 2 heterocycles. The van der Waals surface area contributed by atoms with Gasteiger partial charge in [0.05, 0.1) is 30.1 Å². The van der Waals surface area contributed by atoms with Crippen molar-refractivity contribution in [2.75, 3.05) is 6.61 Å². The quantitative estimate of drug-likeness (QED) is 0.580. The van der Waals surface area contributed by atoms with Gasteiger partial charge >= 0.3 is 0 Å². The van der Waals surface area contributed by atoms with Crippen molar-refractivity contribution in [3.05, 3.63) is 40.7 Å². The summed E-state index contributed by atoms with van der Waals surface area (Å²) in [6, 6.07) is -0.640. The highest BCUT2D eigenvalue weighted by Gasteiger charge is 2.60. The number of aliphatic hydroxyl groups excluding tert-OH is 1. The third-order valence-electron chi connectivity index (χ3n) is 6.22. The first kappa shape index (κ1) is 20.6. The highest BCUT2D eigenvalue weighted by molar-refractivity contribution is 5.95. The van der Waals surface area contributed by atoms with Crippen LogP contribution in [0.4, 0.5) is 8.78 Å². The van der Waals surface area contributed by atoms with Crippen molar-refractivity contribution in [2.24, 2.45) is 11.3 Å². The normalized spacial score (nSPS) is 23.1. The number of amides is 1. The van der Waals surface area contributed by atoms with Crippen molar-refractivity contribution in [2.45, 2.75) is 57.9 Å². The van der Waals surface area contributed by atoms with Crippen LogP contribution in [0.15, 0.2) is 18.6 Å². The van der Waals surface area contributed by atoms with Crippen LogP contribution in [0.25, 0.3) is 5.82 Å². The largest absolute Gasteiger partial charge is 0.619 e. The Morgan fingerprint density at radius 2 is 2.20 bits per heavy atom. The van der Waals surface area contributed by atoms with Crippen LogP contribution in [-0.4, -0.2) is 38.4 Å². The summed E-state index contributed by atoms with van der Waals surface area (Å²) in [6.45, 7) is 5.15. The minimum Gasteiger partial charge on any atom is -0.619 e. The SMILES string of the molecule is CC(C)(C)C(CO)NC(=O)c1nn(-c2c[n+]([O-])ccn2)c2c1C(F)(F)[C@H]1CCC[C@@H]21. The Labute approximate surface area is 172 Å². The first-order valence-electron chi connectivity index (χ1n) is 10.0. The van der Waals surface area contributed by atoms with Crippen LogP contribution >= 0.6 is 0 Å². The monoisotopic (exact) mass is 421 g/mol. The molecule has 0 aromatic carbocycles. The molecular formula is C20H25F2N5O3. The van der Waals surface area contributed by atoms with Crippen LogP contribution in [0.1, 0.15) is 67.7 Å². The van der Waals surface area contributed by atoms with Gasteiger partial charge in [0.2, 0.25) is 12.0 Å². The number of aromatic nitrogens is 4. The van der Waals surface area contributed by atoms with Crippen molar-refractivity contribution in [3.63, 3.8) is 0 Å². The number of aliphatic hydroxyl groups is 1. The van der Waals surface area contributed by atoms with Gasteiger partial charge in [-0.15, -0.1) is 0 Å². The molecule has 2 N–H and O–H groups in total. The van der Waals surface area contributed by atoms with Crippen molar-refractivity contribution >= 4 is 5.91 Å². The summed E-state index contributed by atoms with van der Waals surface area (Å²) in [5.74, 6) is -5.25. The van der Waals surface area contributed by atoms with Gasteiger partial charge in [-0.3, -0.25) is 4.79 Å². The van der Waals surface area contributed by atoms with Crippen LogP contribution in [-0.2, 0) is 5.92 Å². The lowest BCUT2D eigenvalue weighted by atomic mass is 9.87. The molecule has 2 aromatic rings. The van der Waals surface area contributed by atoms with E-state index in [4.69, 9.17) is 0 Å². The second kappa shape index (κ2) is 6.97. The van der Waals surface area contributed by atoms with E-state index in [0.717, 1.165) is 6.20 Å². The average Bonchev–Trinajstić information content (AvgIpc) is 3.33. The number of halogens is 2. The minimum atomic E-state index is -3.21. The van der Waals surface area contributed by atoms with Gasteiger partial charge in [-0.2, -0.15) is 9.83 Å².